The van der Waals surface area contributed by atoms with Crippen LogP contribution in [0.4, 0.5) is 5.69 Å². The minimum atomic E-state index is -2.05. The average Bonchev–Trinajstić information content (AvgIpc) is 3.28. The van der Waals surface area contributed by atoms with Gasteiger partial charge in [0.2, 0.25) is 0 Å². The van der Waals surface area contributed by atoms with Crippen LogP contribution in [0.25, 0.3) is 0 Å². The number of rotatable bonds is 7. The van der Waals surface area contributed by atoms with Crippen LogP contribution in [0, 0.1) is 5.92 Å². The Balaban J connectivity index is 1.55. The summed E-state index contributed by atoms with van der Waals surface area (Å²) >= 11 is 18.6. The number of aliphatic hydroxyl groups is 1. The van der Waals surface area contributed by atoms with Crippen LogP contribution in [0.1, 0.15) is 36.0 Å². The molecule has 4 rings (SSSR count). The highest BCUT2D eigenvalue weighted by Crippen LogP contribution is 2.43. The number of benzene rings is 2. The normalized spacial score (nSPS) is 22.4. The number of carbonyl (C=O) groups is 1. The van der Waals surface area contributed by atoms with Gasteiger partial charge in [-0.2, -0.15) is 0 Å². The van der Waals surface area contributed by atoms with Crippen LogP contribution < -0.4 is 5.32 Å². The van der Waals surface area contributed by atoms with Crippen molar-refractivity contribution in [2.75, 3.05) is 11.1 Å². The number of halogens is 3. The summed E-state index contributed by atoms with van der Waals surface area (Å²) in [7, 11) is 1.96. The number of carbonyl (C=O) groups excluding carboxylic acids is 1. The highest BCUT2D eigenvalue weighted by Gasteiger charge is 2.38. The number of nitrogens with zero attached hydrogens (tertiary/aromatic N) is 2. The average molecular weight is 571 g/mol. The van der Waals surface area contributed by atoms with Crippen LogP contribution in [0.2, 0.25) is 0 Å². The summed E-state index contributed by atoms with van der Waals surface area (Å²) in [5.74, 6) is 0.00273. The van der Waals surface area contributed by atoms with Gasteiger partial charge in [-0.15, -0.1) is 0 Å². The van der Waals surface area contributed by atoms with Gasteiger partial charge in [0.05, 0.1) is 18.8 Å². The van der Waals surface area contributed by atoms with Crippen molar-refractivity contribution in [3.63, 3.8) is 0 Å². The van der Waals surface area contributed by atoms with E-state index in [2.05, 4.69) is 17.2 Å². The van der Waals surface area contributed by atoms with Crippen LogP contribution in [0.3, 0.4) is 0 Å². The summed E-state index contributed by atoms with van der Waals surface area (Å²) in [6.45, 7) is 2.09. The molecule has 2 N–H and O–H groups in total. The fraction of sp³-hybridized carbons (Fsp3) is 0.360. The molecule has 7 nitrogen and oxygen atoms in total. The molecule has 0 bridgehead atoms. The molecule has 3 aromatic rings. The van der Waals surface area contributed by atoms with Crippen LogP contribution >= 0.6 is 46.6 Å². The number of anilines is 1. The Bertz CT molecular complexity index is 1170. The first-order valence-electron chi connectivity index (χ1n) is 11.2. The van der Waals surface area contributed by atoms with Gasteiger partial charge < -0.3 is 24.5 Å². The van der Waals surface area contributed by atoms with Gasteiger partial charge in [0.15, 0.2) is 11.4 Å². The minimum absolute atomic E-state index is 0.0167. The van der Waals surface area contributed by atoms with E-state index in [4.69, 9.17) is 44.3 Å². The zero-order valence-electron chi connectivity index (χ0n) is 19.6. The third-order valence-corrected chi connectivity index (χ3v) is 7.64. The zero-order valence-corrected chi connectivity index (χ0v) is 22.7. The highest BCUT2D eigenvalue weighted by molar-refractivity contribution is 7.99. The van der Waals surface area contributed by atoms with E-state index in [0.29, 0.717) is 11.4 Å². The fourth-order valence-corrected chi connectivity index (χ4v) is 5.12. The second-order valence-corrected chi connectivity index (χ2v) is 11.8. The Hall–Kier alpha value is -1.78. The monoisotopic (exact) mass is 569 g/mol. The summed E-state index contributed by atoms with van der Waals surface area (Å²) in [5.41, 5.74) is 3.12. The van der Waals surface area contributed by atoms with E-state index >= 15 is 0 Å². The van der Waals surface area contributed by atoms with E-state index in [-0.39, 0.29) is 24.7 Å². The third-order valence-electron chi connectivity index (χ3n) is 5.98. The van der Waals surface area contributed by atoms with Gasteiger partial charge in [-0.25, -0.2) is 4.98 Å². The Morgan fingerprint density at radius 3 is 2.36 bits per heavy atom. The number of amides is 1. The van der Waals surface area contributed by atoms with E-state index in [1.807, 2.05) is 54.2 Å². The predicted octanol–water partition coefficient (Wildman–Crippen LogP) is 5.80. The van der Waals surface area contributed by atoms with Crippen molar-refractivity contribution in [1.29, 1.82) is 0 Å². The first-order chi connectivity index (χ1) is 17.2. The Kier molecular flexibility index (Phi) is 8.88. The maximum absolute atomic E-state index is 12.0. The van der Waals surface area contributed by atoms with Gasteiger partial charge in [0, 0.05) is 42.4 Å². The molecule has 1 fully saturated rings. The number of thioether (sulfide) groups is 1. The van der Waals surface area contributed by atoms with E-state index in [9.17, 15) is 9.90 Å². The molecular weight excluding hydrogens is 545 g/mol. The van der Waals surface area contributed by atoms with Crippen molar-refractivity contribution in [1.82, 2.24) is 9.55 Å². The number of hydrogen-bond donors (Lipinski definition) is 2. The number of alkyl halides is 3. The number of hydrogen-bond acceptors (Lipinski definition) is 6. The molecule has 0 radical (unpaired) electrons. The molecule has 1 aliphatic rings. The molecule has 192 valence electrons. The molecule has 1 aromatic heterocycles. The Morgan fingerprint density at radius 2 is 1.78 bits per heavy atom. The third kappa shape index (κ3) is 6.55. The van der Waals surface area contributed by atoms with Crippen LogP contribution in [0.15, 0.2) is 66.1 Å². The standard InChI is InChI=1S/C25H26Cl3N3O4S/c1-15-20(14-36-24-29-11-12-31(24)2)34-22(35-21(15)17-5-3-16(13-32)4-6-17)18-7-9-19(10-8-18)30-23(33)25(26,27)28/h3-12,15,20-22,32H,13-14H2,1-2H3,(H,30,33). The predicted molar refractivity (Wildman–Crippen MR) is 142 cm³/mol. The highest BCUT2D eigenvalue weighted by atomic mass is 35.6. The van der Waals surface area contributed by atoms with Crippen molar-refractivity contribution < 1.29 is 19.4 Å². The first-order valence-corrected chi connectivity index (χ1v) is 13.4. The van der Waals surface area contributed by atoms with Crippen molar-refractivity contribution in [2.24, 2.45) is 13.0 Å². The molecule has 0 aliphatic carbocycles. The molecule has 1 aliphatic heterocycles. The largest absolute Gasteiger partial charge is 0.392 e. The maximum Gasteiger partial charge on any atom is 0.276 e. The molecule has 1 saturated heterocycles. The molecular formula is C25H26Cl3N3O4S. The summed E-state index contributed by atoms with van der Waals surface area (Å²) in [5, 5.41) is 12.9. The second-order valence-electron chi connectivity index (χ2n) is 8.53. The molecule has 36 heavy (non-hydrogen) atoms. The Morgan fingerprint density at radius 1 is 1.11 bits per heavy atom. The van der Waals surface area contributed by atoms with Crippen LogP contribution in [0.5, 0.6) is 0 Å². The van der Waals surface area contributed by atoms with Gasteiger partial charge in [0.25, 0.3) is 9.70 Å². The lowest BCUT2D eigenvalue weighted by Gasteiger charge is -2.41. The van der Waals surface area contributed by atoms with E-state index in [1.54, 1.807) is 30.1 Å². The second kappa shape index (κ2) is 11.7. The van der Waals surface area contributed by atoms with Crippen molar-refractivity contribution >= 4 is 58.2 Å². The van der Waals surface area contributed by atoms with Gasteiger partial charge in [-0.1, -0.05) is 89.9 Å². The van der Waals surface area contributed by atoms with Gasteiger partial charge in [-0.3, -0.25) is 4.79 Å². The number of aromatic nitrogens is 2. The molecule has 0 saturated carbocycles. The molecule has 11 heteroatoms. The lowest BCUT2D eigenvalue weighted by atomic mass is 9.91. The molecule has 4 unspecified atom stereocenters. The maximum atomic E-state index is 12.0. The number of ether oxygens (including phenoxy) is 2. The van der Waals surface area contributed by atoms with Crippen LogP contribution in [-0.4, -0.2) is 36.2 Å². The van der Waals surface area contributed by atoms with Crippen LogP contribution in [-0.2, 0) is 27.9 Å². The van der Waals surface area contributed by atoms with E-state index < -0.39 is 16.0 Å². The van der Waals surface area contributed by atoms with Crippen molar-refractivity contribution in [2.45, 2.75) is 41.0 Å². The lowest BCUT2D eigenvalue weighted by Crippen LogP contribution is -2.38. The van der Waals surface area contributed by atoms with Gasteiger partial charge in [-0.05, 0) is 23.3 Å². The molecule has 1 amide bonds. The summed E-state index contributed by atoms with van der Waals surface area (Å²) in [4.78, 5) is 16.4. The topological polar surface area (TPSA) is 85.6 Å². The number of aliphatic hydroxyl groups excluding tert-OH is 1. The van der Waals surface area contributed by atoms with Gasteiger partial charge in [0.1, 0.15) is 0 Å². The SMILES string of the molecule is CC1C(CSc2nccn2C)OC(c2ccc(NC(=O)C(Cl)(Cl)Cl)cc2)OC1c1ccc(CO)cc1. The first kappa shape index (κ1) is 27.3. The van der Waals surface area contributed by atoms with Gasteiger partial charge >= 0.3 is 0 Å². The van der Waals surface area contributed by atoms with Crippen molar-refractivity contribution in [3.8, 4) is 0 Å². The summed E-state index contributed by atoms with van der Waals surface area (Å²) in [6, 6.07) is 14.8. The molecule has 2 heterocycles. The Labute approximate surface area is 229 Å². The lowest BCUT2D eigenvalue weighted by molar-refractivity contribution is -0.268. The summed E-state index contributed by atoms with van der Waals surface area (Å²) in [6.07, 6.45) is 2.69. The number of nitrogens with one attached hydrogen (secondary N) is 1. The van der Waals surface area contributed by atoms with E-state index in [0.717, 1.165) is 21.8 Å². The fourth-order valence-electron chi connectivity index (χ4n) is 3.88. The molecule has 0 spiro atoms. The zero-order chi connectivity index (χ0) is 25.9. The van der Waals surface area contributed by atoms with Crippen molar-refractivity contribution in [3.05, 3.63) is 77.6 Å². The quantitative estimate of drug-likeness (QED) is 0.276. The number of aryl methyl sites for hydroxylation is 1. The number of imidazole rings is 1. The minimum Gasteiger partial charge on any atom is -0.392 e. The van der Waals surface area contributed by atoms with E-state index in [1.165, 1.54) is 0 Å². The molecule has 2 aromatic carbocycles. The smallest absolute Gasteiger partial charge is 0.276 e. The summed E-state index contributed by atoms with van der Waals surface area (Å²) < 4.78 is 12.8. The molecule has 4 atom stereocenters.